The fraction of sp³-hybridized carbons (Fsp3) is 0.0714. The molecule has 0 spiro atoms. The number of nitrogens with one attached hydrogen (secondary N) is 1. The summed E-state index contributed by atoms with van der Waals surface area (Å²) >= 11 is 8.07. The minimum absolute atomic E-state index is 0.0474. The van der Waals surface area contributed by atoms with Gasteiger partial charge < -0.3 is 11.1 Å². The fourth-order valence-corrected chi connectivity index (χ4v) is 2.07. The van der Waals surface area contributed by atoms with Gasteiger partial charge in [0, 0.05) is 15.7 Å². The molecule has 6 heteroatoms. The first kappa shape index (κ1) is 14.9. The van der Waals surface area contributed by atoms with Crippen LogP contribution in [0.2, 0.25) is 0 Å². The van der Waals surface area contributed by atoms with Crippen molar-refractivity contribution in [1.29, 1.82) is 0 Å². The monoisotopic (exact) mass is 356 g/mol. The molecule has 0 unspecified atom stereocenters. The van der Waals surface area contributed by atoms with Crippen LogP contribution in [0.1, 0.15) is 11.1 Å². The van der Waals surface area contributed by atoms with Gasteiger partial charge in [-0.15, -0.1) is 0 Å². The average molecular weight is 357 g/mol. The number of hydrogen-bond donors (Lipinski definition) is 2. The molecule has 3 N–H and O–H groups in total. The number of anilines is 2. The van der Waals surface area contributed by atoms with Gasteiger partial charge in [0.15, 0.2) is 0 Å². The standard InChI is InChI=1S/C14H11BrF2N2S/c1-7-4-9(2-3-10(7)15)19-13-11(16)5-8(14(18)20)6-12(13)17/h2-6,19H,1H3,(H2,18,20). The van der Waals surface area contributed by atoms with Crippen LogP contribution in [0.25, 0.3) is 0 Å². The summed E-state index contributed by atoms with van der Waals surface area (Å²) in [5.41, 5.74) is 6.84. The van der Waals surface area contributed by atoms with E-state index in [1.165, 1.54) is 0 Å². The van der Waals surface area contributed by atoms with Crippen LogP contribution in [0, 0.1) is 18.6 Å². The predicted molar refractivity (Wildman–Crippen MR) is 84.4 cm³/mol. The van der Waals surface area contributed by atoms with Crippen molar-refractivity contribution in [3.63, 3.8) is 0 Å². The van der Waals surface area contributed by atoms with E-state index in [1.807, 2.05) is 6.92 Å². The second-order valence-electron chi connectivity index (χ2n) is 4.27. The molecule has 0 aliphatic heterocycles. The van der Waals surface area contributed by atoms with Crippen molar-refractivity contribution in [3.05, 3.63) is 57.6 Å². The molecule has 0 atom stereocenters. The highest BCUT2D eigenvalue weighted by atomic mass is 79.9. The molecule has 0 saturated carbocycles. The molecule has 0 heterocycles. The molecule has 0 aromatic heterocycles. The van der Waals surface area contributed by atoms with Crippen LogP contribution in [0.4, 0.5) is 20.2 Å². The Morgan fingerprint density at radius 1 is 1.20 bits per heavy atom. The quantitative estimate of drug-likeness (QED) is 0.799. The molecule has 20 heavy (non-hydrogen) atoms. The lowest BCUT2D eigenvalue weighted by molar-refractivity contribution is 0.590. The number of hydrogen-bond acceptors (Lipinski definition) is 2. The summed E-state index contributed by atoms with van der Waals surface area (Å²) in [7, 11) is 0. The van der Waals surface area contributed by atoms with E-state index < -0.39 is 11.6 Å². The molecule has 2 aromatic rings. The maximum absolute atomic E-state index is 13.9. The summed E-state index contributed by atoms with van der Waals surface area (Å²) in [6, 6.07) is 7.53. The second-order valence-corrected chi connectivity index (χ2v) is 5.56. The van der Waals surface area contributed by atoms with Crippen molar-refractivity contribution >= 4 is 44.5 Å². The molecule has 0 aliphatic rings. The van der Waals surface area contributed by atoms with Gasteiger partial charge in [0.2, 0.25) is 0 Å². The number of nitrogens with two attached hydrogens (primary N) is 1. The molecule has 104 valence electrons. The van der Waals surface area contributed by atoms with Crippen molar-refractivity contribution < 1.29 is 8.78 Å². The van der Waals surface area contributed by atoms with Crippen LogP contribution in [0.3, 0.4) is 0 Å². The summed E-state index contributed by atoms with van der Waals surface area (Å²) in [5.74, 6) is -1.48. The number of benzene rings is 2. The van der Waals surface area contributed by atoms with E-state index in [-0.39, 0.29) is 16.2 Å². The van der Waals surface area contributed by atoms with Gasteiger partial charge in [0.25, 0.3) is 0 Å². The zero-order valence-corrected chi connectivity index (χ0v) is 12.9. The lowest BCUT2D eigenvalue weighted by atomic mass is 10.1. The van der Waals surface area contributed by atoms with Crippen LogP contribution in [0.5, 0.6) is 0 Å². The van der Waals surface area contributed by atoms with Crippen LogP contribution < -0.4 is 11.1 Å². The summed E-state index contributed by atoms with van der Waals surface area (Å²) in [6.45, 7) is 1.89. The Hall–Kier alpha value is -1.53. The van der Waals surface area contributed by atoms with Gasteiger partial charge in [-0.05, 0) is 42.8 Å². The highest BCUT2D eigenvalue weighted by Crippen LogP contribution is 2.27. The lowest BCUT2D eigenvalue weighted by Crippen LogP contribution is -2.11. The van der Waals surface area contributed by atoms with Gasteiger partial charge in [0.1, 0.15) is 22.3 Å². The third-order valence-corrected chi connectivity index (χ3v) is 3.88. The van der Waals surface area contributed by atoms with E-state index in [2.05, 4.69) is 21.2 Å². The van der Waals surface area contributed by atoms with E-state index in [9.17, 15) is 8.78 Å². The maximum Gasteiger partial charge on any atom is 0.150 e. The van der Waals surface area contributed by atoms with Crippen molar-refractivity contribution in [2.45, 2.75) is 6.92 Å². The first-order valence-corrected chi connectivity index (χ1v) is 6.90. The van der Waals surface area contributed by atoms with Crippen LogP contribution in [0.15, 0.2) is 34.8 Å². The summed E-state index contributed by atoms with van der Waals surface area (Å²) in [6.07, 6.45) is 0. The Labute approximate surface area is 129 Å². The molecule has 2 nitrogen and oxygen atoms in total. The van der Waals surface area contributed by atoms with Crippen LogP contribution in [-0.2, 0) is 0 Å². The molecule has 0 radical (unpaired) electrons. The third-order valence-electron chi connectivity index (χ3n) is 2.75. The Balaban J connectivity index is 2.38. The molecule has 2 aromatic carbocycles. The van der Waals surface area contributed by atoms with E-state index in [0.717, 1.165) is 22.2 Å². The topological polar surface area (TPSA) is 38.0 Å². The SMILES string of the molecule is Cc1cc(Nc2c(F)cc(C(N)=S)cc2F)ccc1Br. The lowest BCUT2D eigenvalue weighted by Gasteiger charge is -2.11. The first-order chi connectivity index (χ1) is 9.38. The zero-order chi connectivity index (χ0) is 14.9. The summed E-state index contributed by atoms with van der Waals surface area (Å²) < 4.78 is 28.7. The number of aryl methyl sites for hydroxylation is 1. The minimum Gasteiger partial charge on any atom is -0.389 e. The molecule has 0 bridgehead atoms. The van der Waals surface area contributed by atoms with E-state index in [4.69, 9.17) is 18.0 Å². The van der Waals surface area contributed by atoms with E-state index in [0.29, 0.717) is 5.69 Å². The van der Waals surface area contributed by atoms with Gasteiger partial charge in [-0.3, -0.25) is 0 Å². The van der Waals surface area contributed by atoms with E-state index in [1.54, 1.807) is 18.2 Å². The van der Waals surface area contributed by atoms with Crippen LogP contribution in [-0.4, -0.2) is 4.99 Å². The zero-order valence-electron chi connectivity index (χ0n) is 10.5. The van der Waals surface area contributed by atoms with Crippen molar-refractivity contribution in [2.24, 2.45) is 5.73 Å². The summed E-state index contributed by atoms with van der Waals surface area (Å²) in [5, 5.41) is 2.72. The molecule has 0 aliphatic carbocycles. The molecule has 0 amide bonds. The number of thiocarbonyl (C=S) groups is 1. The molecular formula is C14H11BrF2N2S. The second kappa shape index (κ2) is 5.85. The van der Waals surface area contributed by atoms with Gasteiger partial charge in [-0.2, -0.15) is 0 Å². The minimum atomic E-state index is -0.742. The van der Waals surface area contributed by atoms with Gasteiger partial charge >= 0.3 is 0 Å². The van der Waals surface area contributed by atoms with Crippen molar-refractivity contribution in [2.75, 3.05) is 5.32 Å². The average Bonchev–Trinajstić information content (AvgIpc) is 2.37. The fourth-order valence-electron chi connectivity index (χ4n) is 1.70. The summed E-state index contributed by atoms with van der Waals surface area (Å²) in [4.78, 5) is -0.0474. The normalized spacial score (nSPS) is 10.4. The van der Waals surface area contributed by atoms with Crippen molar-refractivity contribution in [1.82, 2.24) is 0 Å². The molecule has 0 saturated heterocycles. The maximum atomic E-state index is 13.9. The highest BCUT2D eigenvalue weighted by Gasteiger charge is 2.13. The van der Waals surface area contributed by atoms with E-state index >= 15 is 0 Å². The first-order valence-electron chi connectivity index (χ1n) is 5.70. The van der Waals surface area contributed by atoms with Crippen molar-refractivity contribution in [3.8, 4) is 0 Å². The molecular weight excluding hydrogens is 346 g/mol. The largest absolute Gasteiger partial charge is 0.389 e. The number of halogens is 3. The third kappa shape index (κ3) is 3.13. The Kier molecular flexibility index (Phi) is 4.35. The Bertz CT molecular complexity index is 666. The Morgan fingerprint density at radius 2 is 1.80 bits per heavy atom. The van der Waals surface area contributed by atoms with Gasteiger partial charge in [-0.1, -0.05) is 28.1 Å². The Morgan fingerprint density at radius 3 is 2.30 bits per heavy atom. The van der Waals surface area contributed by atoms with Gasteiger partial charge in [-0.25, -0.2) is 8.78 Å². The smallest absolute Gasteiger partial charge is 0.150 e. The molecule has 0 fully saturated rings. The highest BCUT2D eigenvalue weighted by molar-refractivity contribution is 9.10. The molecule has 2 rings (SSSR count). The van der Waals surface area contributed by atoms with Gasteiger partial charge in [0.05, 0.1) is 0 Å². The van der Waals surface area contributed by atoms with Crippen LogP contribution >= 0.6 is 28.1 Å². The predicted octanol–water partition coefficient (Wildman–Crippen LogP) is 4.41. The number of rotatable bonds is 3.